The van der Waals surface area contributed by atoms with Gasteiger partial charge in [0.2, 0.25) is 11.8 Å². The van der Waals surface area contributed by atoms with Gasteiger partial charge in [-0.3, -0.25) is 14.4 Å². The average molecular weight is 398 g/mol. The highest BCUT2D eigenvalue weighted by Gasteiger charge is 2.40. The maximum Gasteiger partial charge on any atom is 0.251 e. The van der Waals surface area contributed by atoms with E-state index in [2.05, 4.69) is 5.32 Å². The normalized spacial score (nSPS) is 19.5. The molecule has 2 fully saturated rings. The lowest BCUT2D eigenvalue weighted by Crippen LogP contribution is -2.60. The Hall–Kier alpha value is -2.67. The summed E-state index contributed by atoms with van der Waals surface area (Å²) in [6.07, 6.45) is 2.72. The highest BCUT2D eigenvalue weighted by Crippen LogP contribution is 2.24. The standard InChI is InChI=1S/C21H23N3O3S/c25-19-14-23(21(27)18-5-1-2-10-24(18)19)13-15-6-8-16(9-7-15)20(26)22-12-17-4-3-11-28-17/h3-4,6-9,11,18H,1-2,5,10,12-14H2,(H,22,26). The molecule has 0 spiro atoms. The van der Waals surface area contributed by atoms with Gasteiger partial charge in [0.15, 0.2) is 0 Å². The van der Waals surface area contributed by atoms with Crippen molar-refractivity contribution in [1.82, 2.24) is 15.1 Å². The minimum atomic E-state index is -0.294. The molecule has 146 valence electrons. The number of amides is 3. The van der Waals surface area contributed by atoms with Crippen LogP contribution in [0.3, 0.4) is 0 Å². The van der Waals surface area contributed by atoms with Crippen LogP contribution in [-0.2, 0) is 22.7 Å². The second-order valence-electron chi connectivity index (χ2n) is 7.25. The first-order valence-electron chi connectivity index (χ1n) is 9.59. The number of nitrogens with one attached hydrogen (secondary N) is 1. The van der Waals surface area contributed by atoms with Crippen molar-refractivity contribution in [3.63, 3.8) is 0 Å². The fourth-order valence-electron chi connectivity index (χ4n) is 3.83. The molecule has 2 aliphatic heterocycles. The third-order valence-electron chi connectivity index (χ3n) is 5.34. The Morgan fingerprint density at radius 1 is 1.14 bits per heavy atom. The fourth-order valence-corrected chi connectivity index (χ4v) is 4.47. The minimum Gasteiger partial charge on any atom is -0.347 e. The summed E-state index contributed by atoms with van der Waals surface area (Å²) in [4.78, 5) is 41.9. The van der Waals surface area contributed by atoms with Crippen LogP contribution in [0.15, 0.2) is 41.8 Å². The maximum absolute atomic E-state index is 12.8. The Morgan fingerprint density at radius 3 is 2.71 bits per heavy atom. The van der Waals surface area contributed by atoms with Crippen molar-refractivity contribution in [3.8, 4) is 0 Å². The number of piperazine rings is 1. The SMILES string of the molecule is O=C(NCc1cccs1)c1ccc(CN2CC(=O)N3CCCCC3C2=O)cc1. The van der Waals surface area contributed by atoms with Gasteiger partial charge in [-0.1, -0.05) is 18.2 Å². The zero-order valence-electron chi connectivity index (χ0n) is 15.6. The Kier molecular flexibility index (Phi) is 5.43. The molecule has 1 aromatic heterocycles. The van der Waals surface area contributed by atoms with E-state index < -0.39 is 0 Å². The van der Waals surface area contributed by atoms with E-state index in [-0.39, 0.29) is 30.3 Å². The van der Waals surface area contributed by atoms with Crippen molar-refractivity contribution in [3.05, 3.63) is 57.8 Å². The molecule has 1 N–H and O–H groups in total. The topological polar surface area (TPSA) is 69.7 Å². The molecule has 3 heterocycles. The fraction of sp³-hybridized carbons (Fsp3) is 0.381. The van der Waals surface area contributed by atoms with Crippen LogP contribution < -0.4 is 5.32 Å². The molecule has 0 aliphatic carbocycles. The summed E-state index contributed by atoms with van der Waals surface area (Å²) in [6, 6.07) is 10.9. The van der Waals surface area contributed by atoms with Gasteiger partial charge in [-0.2, -0.15) is 0 Å². The quantitative estimate of drug-likeness (QED) is 0.842. The van der Waals surface area contributed by atoms with Crippen molar-refractivity contribution in [2.24, 2.45) is 0 Å². The Morgan fingerprint density at radius 2 is 1.96 bits per heavy atom. The molecule has 7 heteroatoms. The molecular formula is C21H23N3O3S. The Bertz CT molecular complexity index is 864. The molecule has 2 saturated heterocycles. The number of carbonyl (C=O) groups excluding carboxylic acids is 3. The van der Waals surface area contributed by atoms with Crippen molar-refractivity contribution in [2.45, 2.75) is 38.4 Å². The Balaban J connectivity index is 1.37. The van der Waals surface area contributed by atoms with Gasteiger partial charge in [-0.25, -0.2) is 0 Å². The van der Waals surface area contributed by atoms with Crippen LogP contribution in [0.4, 0.5) is 0 Å². The number of carbonyl (C=O) groups is 3. The van der Waals surface area contributed by atoms with Crippen LogP contribution in [0, 0.1) is 0 Å². The minimum absolute atomic E-state index is 0.0360. The molecule has 0 bridgehead atoms. The molecular weight excluding hydrogens is 374 g/mol. The summed E-state index contributed by atoms with van der Waals surface area (Å²) in [7, 11) is 0. The molecule has 1 atom stereocenters. The van der Waals surface area contributed by atoms with Crippen LogP contribution in [0.1, 0.15) is 40.1 Å². The highest BCUT2D eigenvalue weighted by atomic mass is 32.1. The van der Waals surface area contributed by atoms with Gasteiger partial charge in [-0.15, -0.1) is 11.3 Å². The number of nitrogens with zero attached hydrogens (tertiary/aromatic N) is 2. The summed E-state index contributed by atoms with van der Waals surface area (Å²) in [5.74, 6) is -0.0482. The van der Waals surface area contributed by atoms with Crippen LogP contribution in [0.5, 0.6) is 0 Å². The molecule has 0 radical (unpaired) electrons. The molecule has 28 heavy (non-hydrogen) atoms. The van der Waals surface area contributed by atoms with Crippen LogP contribution in [0.2, 0.25) is 0 Å². The number of piperidine rings is 1. The summed E-state index contributed by atoms with van der Waals surface area (Å²) in [6.45, 7) is 1.74. The lowest BCUT2D eigenvalue weighted by molar-refractivity contribution is -0.158. The molecule has 2 aromatic rings. The van der Waals surface area contributed by atoms with Crippen molar-refractivity contribution >= 4 is 29.1 Å². The van der Waals surface area contributed by atoms with Gasteiger partial charge in [0, 0.05) is 23.5 Å². The van der Waals surface area contributed by atoms with E-state index in [0.29, 0.717) is 25.2 Å². The first kappa shape index (κ1) is 18.7. The van der Waals surface area contributed by atoms with Crippen LogP contribution in [-0.4, -0.2) is 46.7 Å². The van der Waals surface area contributed by atoms with Crippen molar-refractivity contribution in [2.75, 3.05) is 13.1 Å². The molecule has 6 nitrogen and oxygen atoms in total. The van der Waals surface area contributed by atoms with E-state index in [4.69, 9.17) is 0 Å². The largest absolute Gasteiger partial charge is 0.347 e. The first-order chi connectivity index (χ1) is 13.6. The van der Waals surface area contributed by atoms with Crippen LogP contribution >= 0.6 is 11.3 Å². The van der Waals surface area contributed by atoms with Gasteiger partial charge < -0.3 is 15.1 Å². The maximum atomic E-state index is 12.8. The third kappa shape index (κ3) is 3.94. The van der Waals surface area contributed by atoms with Crippen molar-refractivity contribution in [1.29, 1.82) is 0 Å². The zero-order valence-corrected chi connectivity index (χ0v) is 16.4. The molecule has 0 saturated carbocycles. The van der Waals surface area contributed by atoms with E-state index in [1.165, 1.54) is 0 Å². The van der Waals surface area contributed by atoms with Crippen LogP contribution in [0.25, 0.3) is 0 Å². The van der Waals surface area contributed by atoms with Gasteiger partial charge >= 0.3 is 0 Å². The number of benzene rings is 1. The monoisotopic (exact) mass is 397 g/mol. The van der Waals surface area contributed by atoms with Gasteiger partial charge in [0.1, 0.15) is 12.6 Å². The smallest absolute Gasteiger partial charge is 0.251 e. The number of fused-ring (bicyclic) bond motifs is 1. The van der Waals surface area contributed by atoms with E-state index in [1.807, 2.05) is 29.6 Å². The van der Waals surface area contributed by atoms with Gasteiger partial charge in [-0.05, 0) is 48.4 Å². The summed E-state index contributed by atoms with van der Waals surface area (Å²) in [5.41, 5.74) is 1.50. The number of thiophene rings is 1. The molecule has 2 aliphatic rings. The molecule has 1 aromatic carbocycles. The predicted octanol–water partition coefficient (Wildman–Crippen LogP) is 2.40. The second kappa shape index (κ2) is 8.14. The number of hydrogen-bond acceptors (Lipinski definition) is 4. The molecule has 4 rings (SSSR count). The number of hydrogen-bond donors (Lipinski definition) is 1. The first-order valence-corrected chi connectivity index (χ1v) is 10.5. The van der Waals surface area contributed by atoms with E-state index in [9.17, 15) is 14.4 Å². The van der Waals surface area contributed by atoms with Gasteiger partial charge in [0.05, 0.1) is 6.54 Å². The molecule has 3 amide bonds. The summed E-state index contributed by atoms with van der Waals surface area (Å²) >= 11 is 1.61. The lowest BCUT2D eigenvalue weighted by Gasteiger charge is -2.42. The number of rotatable bonds is 5. The van der Waals surface area contributed by atoms with E-state index >= 15 is 0 Å². The third-order valence-corrected chi connectivity index (χ3v) is 6.22. The van der Waals surface area contributed by atoms with Crippen molar-refractivity contribution < 1.29 is 14.4 Å². The second-order valence-corrected chi connectivity index (χ2v) is 8.28. The lowest BCUT2D eigenvalue weighted by atomic mass is 9.98. The molecule has 1 unspecified atom stereocenters. The summed E-state index contributed by atoms with van der Waals surface area (Å²) in [5, 5.41) is 4.88. The average Bonchev–Trinajstić information content (AvgIpc) is 3.24. The highest BCUT2D eigenvalue weighted by molar-refractivity contribution is 7.09. The summed E-state index contributed by atoms with van der Waals surface area (Å²) < 4.78 is 0. The van der Waals surface area contributed by atoms with E-state index in [0.717, 1.165) is 29.7 Å². The Labute approximate surface area is 168 Å². The van der Waals surface area contributed by atoms with Gasteiger partial charge in [0.25, 0.3) is 5.91 Å². The predicted molar refractivity (Wildman–Crippen MR) is 107 cm³/mol. The van der Waals surface area contributed by atoms with E-state index in [1.54, 1.807) is 33.3 Å². The zero-order chi connectivity index (χ0) is 19.5.